The normalized spacial score (nSPS) is 10.1. The fourth-order valence-electron chi connectivity index (χ4n) is 1.70. The largest absolute Gasteiger partial charge is 0.465 e. The summed E-state index contributed by atoms with van der Waals surface area (Å²) in [6.45, 7) is 6.29. The molecule has 1 heterocycles. The molecule has 0 aromatic carbocycles. The molecule has 0 bridgehead atoms. The van der Waals surface area contributed by atoms with Crippen molar-refractivity contribution in [3.05, 3.63) is 29.6 Å². The number of hydrogen-bond donors (Lipinski definition) is 0. The van der Waals surface area contributed by atoms with Crippen LogP contribution >= 0.6 is 0 Å². The first-order valence-corrected chi connectivity index (χ1v) is 6.42. The minimum absolute atomic E-state index is 0.00491. The summed E-state index contributed by atoms with van der Waals surface area (Å²) in [6, 6.07) is 3.75. The molecule has 104 valence electrons. The summed E-state index contributed by atoms with van der Waals surface area (Å²) in [5.41, 5.74) is 1.72. The second kappa shape index (κ2) is 7.51. The van der Waals surface area contributed by atoms with Crippen molar-refractivity contribution in [1.82, 2.24) is 9.88 Å². The van der Waals surface area contributed by atoms with Gasteiger partial charge < -0.3 is 9.64 Å². The Bertz CT molecular complexity index is 446. The van der Waals surface area contributed by atoms with E-state index in [4.69, 9.17) is 4.74 Å². The lowest BCUT2D eigenvalue weighted by molar-refractivity contribution is -0.148. The topological polar surface area (TPSA) is 59.5 Å². The first-order chi connectivity index (χ1) is 9.08. The van der Waals surface area contributed by atoms with Gasteiger partial charge in [0.05, 0.1) is 18.7 Å². The number of amides is 1. The highest BCUT2D eigenvalue weighted by atomic mass is 16.5. The summed E-state index contributed by atoms with van der Waals surface area (Å²) in [5.74, 6) is -0.493. The molecule has 0 aliphatic heterocycles. The standard InChI is InChI=1S/C14H20N2O3/c1-4-16(10-14(18)19-5-2)13(17)9-12-11(3)7-6-8-15-12/h6-8H,4-5,9-10H2,1-3H3. The van der Waals surface area contributed by atoms with Crippen molar-refractivity contribution in [1.29, 1.82) is 0 Å². The summed E-state index contributed by atoms with van der Waals surface area (Å²) in [6.07, 6.45) is 1.87. The predicted octanol–water partition coefficient (Wildman–Crippen LogP) is 1.34. The molecule has 0 saturated heterocycles. The van der Waals surface area contributed by atoms with E-state index in [-0.39, 0.29) is 24.8 Å². The second-order valence-electron chi connectivity index (χ2n) is 4.16. The van der Waals surface area contributed by atoms with Crippen LogP contribution in [0.3, 0.4) is 0 Å². The third-order valence-electron chi connectivity index (χ3n) is 2.80. The summed E-state index contributed by atoms with van der Waals surface area (Å²) in [4.78, 5) is 29.2. The molecule has 0 atom stereocenters. The van der Waals surface area contributed by atoms with Crippen LogP contribution in [0.25, 0.3) is 0 Å². The first-order valence-electron chi connectivity index (χ1n) is 6.42. The molecule has 0 N–H and O–H groups in total. The zero-order valence-electron chi connectivity index (χ0n) is 11.7. The Labute approximate surface area is 113 Å². The van der Waals surface area contributed by atoms with Crippen LogP contribution in [-0.4, -0.2) is 41.5 Å². The van der Waals surface area contributed by atoms with Gasteiger partial charge in [0.15, 0.2) is 0 Å². The Morgan fingerprint density at radius 1 is 1.37 bits per heavy atom. The summed E-state index contributed by atoms with van der Waals surface area (Å²) >= 11 is 0. The van der Waals surface area contributed by atoms with Gasteiger partial charge >= 0.3 is 5.97 Å². The predicted molar refractivity (Wildman–Crippen MR) is 71.6 cm³/mol. The Hall–Kier alpha value is -1.91. The molecule has 0 radical (unpaired) electrons. The van der Waals surface area contributed by atoms with E-state index in [1.807, 2.05) is 26.0 Å². The summed E-state index contributed by atoms with van der Waals surface area (Å²) < 4.78 is 4.85. The third kappa shape index (κ3) is 4.69. The van der Waals surface area contributed by atoms with Crippen LogP contribution < -0.4 is 0 Å². The van der Waals surface area contributed by atoms with Gasteiger partial charge in [-0.1, -0.05) is 6.07 Å². The van der Waals surface area contributed by atoms with Gasteiger partial charge in [0.25, 0.3) is 0 Å². The molecule has 1 aromatic rings. The van der Waals surface area contributed by atoms with Crippen molar-refractivity contribution in [2.24, 2.45) is 0 Å². The number of ether oxygens (including phenoxy) is 1. The first kappa shape index (κ1) is 15.1. The molecule has 0 spiro atoms. The molecule has 1 aromatic heterocycles. The van der Waals surface area contributed by atoms with E-state index in [0.29, 0.717) is 13.2 Å². The smallest absolute Gasteiger partial charge is 0.325 e. The number of aromatic nitrogens is 1. The molecule has 0 fully saturated rings. The van der Waals surface area contributed by atoms with Crippen LogP contribution in [0, 0.1) is 6.92 Å². The number of esters is 1. The maximum absolute atomic E-state index is 12.1. The molecule has 5 heteroatoms. The van der Waals surface area contributed by atoms with Crippen molar-refractivity contribution >= 4 is 11.9 Å². The number of carbonyl (C=O) groups is 2. The zero-order chi connectivity index (χ0) is 14.3. The van der Waals surface area contributed by atoms with Crippen LogP contribution in [-0.2, 0) is 20.7 Å². The third-order valence-corrected chi connectivity index (χ3v) is 2.80. The Balaban J connectivity index is 2.64. The monoisotopic (exact) mass is 264 g/mol. The Kier molecular flexibility index (Phi) is 5.99. The number of hydrogen-bond acceptors (Lipinski definition) is 4. The van der Waals surface area contributed by atoms with Gasteiger partial charge in [-0.2, -0.15) is 0 Å². The van der Waals surface area contributed by atoms with Gasteiger partial charge in [-0.15, -0.1) is 0 Å². The number of rotatable bonds is 6. The number of aryl methyl sites for hydroxylation is 1. The highest BCUT2D eigenvalue weighted by Crippen LogP contribution is 2.06. The fraction of sp³-hybridized carbons (Fsp3) is 0.500. The maximum atomic E-state index is 12.1. The molecular weight excluding hydrogens is 244 g/mol. The van der Waals surface area contributed by atoms with E-state index in [9.17, 15) is 9.59 Å². The number of likely N-dealkylation sites (N-methyl/N-ethyl adjacent to an activating group) is 1. The lowest BCUT2D eigenvalue weighted by Crippen LogP contribution is -2.37. The molecule has 1 rings (SSSR count). The number of nitrogens with zero attached hydrogens (tertiary/aromatic N) is 2. The second-order valence-corrected chi connectivity index (χ2v) is 4.16. The van der Waals surface area contributed by atoms with Crippen LogP contribution in [0.1, 0.15) is 25.1 Å². The van der Waals surface area contributed by atoms with E-state index in [2.05, 4.69) is 4.98 Å². The minimum atomic E-state index is -0.379. The van der Waals surface area contributed by atoms with E-state index in [1.165, 1.54) is 4.90 Å². The Morgan fingerprint density at radius 3 is 2.68 bits per heavy atom. The lowest BCUT2D eigenvalue weighted by Gasteiger charge is -2.19. The van der Waals surface area contributed by atoms with E-state index < -0.39 is 0 Å². The molecule has 19 heavy (non-hydrogen) atoms. The SMILES string of the molecule is CCOC(=O)CN(CC)C(=O)Cc1ncccc1C. The lowest BCUT2D eigenvalue weighted by atomic mass is 10.1. The molecule has 0 unspecified atom stereocenters. The Morgan fingerprint density at radius 2 is 2.11 bits per heavy atom. The number of pyridine rings is 1. The van der Waals surface area contributed by atoms with Gasteiger partial charge in [0, 0.05) is 12.7 Å². The van der Waals surface area contributed by atoms with E-state index in [1.54, 1.807) is 13.1 Å². The average Bonchev–Trinajstić information content (AvgIpc) is 2.39. The highest BCUT2D eigenvalue weighted by Gasteiger charge is 2.17. The van der Waals surface area contributed by atoms with Crippen molar-refractivity contribution < 1.29 is 14.3 Å². The fourth-order valence-corrected chi connectivity index (χ4v) is 1.70. The minimum Gasteiger partial charge on any atom is -0.465 e. The zero-order valence-corrected chi connectivity index (χ0v) is 11.7. The van der Waals surface area contributed by atoms with Gasteiger partial charge in [0.2, 0.25) is 5.91 Å². The van der Waals surface area contributed by atoms with Gasteiger partial charge in [-0.25, -0.2) is 0 Å². The van der Waals surface area contributed by atoms with Crippen molar-refractivity contribution in [3.63, 3.8) is 0 Å². The molecule has 0 aliphatic carbocycles. The van der Waals surface area contributed by atoms with Crippen molar-refractivity contribution in [2.75, 3.05) is 19.7 Å². The quantitative estimate of drug-likeness (QED) is 0.728. The number of carbonyl (C=O) groups excluding carboxylic acids is 2. The van der Waals surface area contributed by atoms with E-state index >= 15 is 0 Å². The van der Waals surface area contributed by atoms with Crippen molar-refractivity contribution in [2.45, 2.75) is 27.2 Å². The molecule has 5 nitrogen and oxygen atoms in total. The van der Waals surface area contributed by atoms with Crippen molar-refractivity contribution in [3.8, 4) is 0 Å². The van der Waals surface area contributed by atoms with Crippen LogP contribution in [0.4, 0.5) is 0 Å². The molecular formula is C14H20N2O3. The average molecular weight is 264 g/mol. The van der Waals surface area contributed by atoms with Gasteiger partial charge in [0.1, 0.15) is 6.54 Å². The molecule has 0 saturated carbocycles. The summed E-state index contributed by atoms with van der Waals surface area (Å²) in [7, 11) is 0. The van der Waals surface area contributed by atoms with Crippen LogP contribution in [0.5, 0.6) is 0 Å². The van der Waals surface area contributed by atoms with E-state index in [0.717, 1.165) is 11.3 Å². The maximum Gasteiger partial charge on any atom is 0.325 e. The van der Waals surface area contributed by atoms with Crippen LogP contribution in [0.15, 0.2) is 18.3 Å². The molecule has 0 aliphatic rings. The van der Waals surface area contributed by atoms with Gasteiger partial charge in [-0.05, 0) is 32.4 Å². The van der Waals surface area contributed by atoms with Gasteiger partial charge in [-0.3, -0.25) is 14.6 Å². The molecule has 1 amide bonds. The summed E-state index contributed by atoms with van der Waals surface area (Å²) in [5, 5.41) is 0. The highest BCUT2D eigenvalue weighted by molar-refractivity contribution is 5.83. The van der Waals surface area contributed by atoms with Crippen LogP contribution in [0.2, 0.25) is 0 Å².